The predicted octanol–water partition coefficient (Wildman–Crippen LogP) is 3.92. The third-order valence-electron chi connectivity index (χ3n) is 2.95. The third kappa shape index (κ3) is 3.79. The monoisotopic (exact) mass is 331 g/mol. The van der Waals surface area contributed by atoms with E-state index in [-0.39, 0.29) is 4.90 Å². The molecule has 0 aliphatic rings. The summed E-state index contributed by atoms with van der Waals surface area (Å²) >= 11 is 1.71. The lowest BCUT2D eigenvalue weighted by Gasteiger charge is -2.07. The molecule has 0 amide bonds. The summed E-state index contributed by atoms with van der Waals surface area (Å²) in [6.45, 7) is 2.71. The first-order valence-electron chi connectivity index (χ1n) is 6.37. The van der Waals surface area contributed by atoms with Crippen LogP contribution in [0.1, 0.15) is 16.7 Å². The van der Waals surface area contributed by atoms with Crippen molar-refractivity contribution in [3.63, 3.8) is 0 Å². The minimum absolute atomic E-state index is 0.368. The van der Waals surface area contributed by atoms with Gasteiger partial charge >= 0.3 is 5.76 Å². The van der Waals surface area contributed by atoms with Crippen LogP contribution in [0.25, 0.3) is 0 Å². The first kappa shape index (κ1) is 15.9. The Labute approximate surface area is 126 Å². The lowest BCUT2D eigenvalue weighted by Crippen LogP contribution is -2.11. The van der Waals surface area contributed by atoms with Crippen LogP contribution in [0.4, 0.5) is 14.5 Å². The summed E-state index contributed by atoms with van der Waals surface area (Å²) < 4.78 is 47.4. The smallest absolute Gasteiger partial charge is 0.341 e. The first-order chi connectivity index (χ1) is 9.93. The molecule has 1 heterocycles. The van der Waals surface area contributed by atoms with Crippen LogP contribution in [-0.4, -0.2) is 14.2 Å². The summed E-state index contributed by atoms with van der Waals surface area (Å²) in [6, 6.07) is 9.46. The van der Waals surface area contributed by atoms with Gasteiger partial charge in [-0.1, -0.05) is 6.92 Å². The van der Waals surface area contributed by atoms with Crippen molar-refractivity contribution in [3.05, 3.63) is 46.2 Å². The number of rotatable bonds is 6. The normalized spacial score (nSPS) is 11.8. The van der Waals surface area contributed by atoms with Crippen LogP contribution in [0.5, 0.6) is 0 Å². The Balaban J connectivity index is 2.03. The van der Waals surface area contributed by atoms with E-state index in [1.165, 1.54) is 29.1 Å². The molecule has 7 heteroatoms. The molecule has 0 radical (unpaired) electrons. The number of sulfone groups is 1. The van der Waals surface area contributed by atoms with E-state index in [0.29, 0.717) is 12.2 Å². The number of nitrogens with one attached hydrogen (secondary N) is 1. The molecule has 0 saturated heterocycles. The molecule has 2 aromatic rings. The molecule has 1 aromatic heterocycles. The fraction of sp³-hybridized carbons (Fsp3) is 0.286. The van der Waals surface area contributed by atoms with Gasteiger partial charge in [-0.2, -0.15) is 8.78 Å². The second-order valence-corrected chi connectivity index (χ2v) is 7.58. The zero-order valence-electron chi connectivity index (χ0n) is 11.3. The van der Waals surface area contributed by atoms with Crippen LogP contribution < -0.4 is 5.32 Å². The number of thiophene rings is 1. The number of halogens is 2. The van der Waals surface area contributed by atoms with Crippen LogP contribution >= 0.6 is 11.3 Å². The molecule has 0 spiro atoms. The van der Waals surface area contributed by atoms with Crippen LogP contribution in [-0.2, 0) is 22.8 Å². The van der Waals surface area contributed by atoms with Gasteiger partial charge in [-0.3, -0.25) is 0 Å². The molecule has 114 valence electrons. The zero-order chi connectivity index (χ0) is 15.5. The third-order valence-corrected chi connectivity index (χ3v) is 5.58. The summed E-state index contributed by atoms with van der Waals surface area (Å²) in [7, 11) is -4.52. The Morgan fingerprint density at radius 3 is 2.24 bits per heavy atom. The van der Waals surface area contributed by atoms with Crippen molar-refractivity contribution in [1.82, 2.24) is 0 Å². The maximum absolute atomic E-state index is 12.4. The van der Waals surface area contributed by atoms with Crippen molar-refractivity contribution in [2.45, 2.75) is 30.5 Å². The van der Waals surface area contributed by atoms with Crippen molar-refractivity contribution in [3.8, 4) is 0 Å². The van der Waals surface area contributed by atoms with Crippen LogP contribution in [0.3, 0.4) is 0 Å². The average molecular weight is 331 g/mol. The van der Waals surface area contributed by atoms with Gasteiger partial charge in [-0.15, -0.1) is 11.3 Å². The van der Waals surface area contributed by atoms with E-state index in [0.717, 1.165) is 11.3 Å². The second kappa shape index (κ2) is 6.53. The number of aryl methyl sites for hydroxylation is 1. The quantitative estimate of drug-likeness (QED) is 0.873. The van der Waals surface area contributed by atoms with Gasteiger partial charge in [0.15, 0.2) is 0 Å². The van der Waals surface area contributed by atoms with Crippen molar-refractivity contribution in [2.24, 2.45) is 0 Å². The summed E-state index contributed by atoms with van der Waals surface area (Å²) in [6.07, 6.45) is 0.991. The van der Waals surface area contributed by atoms with Crippen LogP contribution in [0.2, 0.25) is 0 Å². The molecule has 0 aliphatic heterocycles. The second-order valence-electron chi connectivity index (χ2n) is 4.41. The van der Waals surface area contributed by atoms with Gasteiger partial charge in [0.1, 0.15) is 0 Å². The van der Waals surface area contributed by atoms with Crippen molar-refractivity contribution < 1.29 is 17.2 Å². The molecule has 1 N–H and O–H groups in total. The highest BCUT2D eigenvalue weighted by atomic mass is 32.2. The van der Waals surface area contributed by atoms with Crippen LogP contribution in [0.15, 0.2) is 41.3 Å². The topological polar surface area (TPSA) is 46.2 Å². The molecule has 2 rings (SSSR count). The number of hydrogen-bond donors (Lipinski definition) is 1. The number of hydrogen-bond acceptors (Lipinski definition) is 4. The Morgan fingerprint density at radius 1 is 1.10 bits per heavy atom. The van der Waals surface area contributed by atoms with Gasteiger partial charge in [-0.05, 0) is 42.8 Å². The Morgan fingerprint density at radius 2 is 1.71 bits per heavy atom. The zero-order valence-corrected chi connectivity index (χ0v) is 13.0. The standard InChI is InChI=1S/C14H15F2NO2S2/c1-2-11-5-6-12(20-11)9-17-10-3-7-13(8-4-10)21(18,19)14(15)16/h3-8,14,17H,2,9H2,1H3. The largest absolute Gasteiger partial charge is 0.380 e. The van der Waals surface area contributed by atoms with Gasteiger partial charge in [0.05, 0.1) is 4.90 Å². The Bertz CT molecular complexity index is 694. The number of anilines is 1. The maximum Gasteiger partial charge on any atom is 0.341 e. The summed E-state index contributed by atoms with van der Waals surface area (Å²) in [4.78, 5) is 2.09. The maximum atomic E-state index is 12.4. The molecule has 0 atom stereocenters. The van der Waals surface area contributed by atoms with Crippen LogP contribution in [0, 0.1) is 0 Å². The highest BCUT2D eigenvalue weighted by Gasteiger charge is 2.26. The lowest BCUT2D eigenvalue weighted by atomic mass is 10.3. The molecule has 0 aliphatic carbocycles. The molecule has 0 unspecified atom stereocenters. The van der Waals surface area contributed by atoms with E-state index in [1.807, 2.05) is 6.07 Å². The molecule has 0 fully saturated rings. The molecule has 0 bridgehead atoms. The highest BCUT2D eigenvalue weighted by Crippen LogP contribution is 2.22. The summed E-state index contributed by atoms with van der Waals surface area (Å²) in [5, 5.41) is 3.13. The van der Waals surface area contributed by atoms with Crippen molar-refractivity contribution in [2.75, 3.05) is 5.32 Å². The van der Waals surface area contributed by atoms with Gasteiger partial charge in [0, 0.05) is 22.0 Å². The van der Waals surface area contributed by atoms with E-state index in [4.69, 9.17) is 0 Å². The summed E-state index contributed by atoms with van der Waals surface area (Å²) in [5.41, 5.74) is 0.690. The van der Waals surface area contributed by atoms with Gasteiger partial charge in [0.2, 0.25) is 9.84 Å². The minimum atomic E-state index is -4.52. The van der Waals surface area contributed by atoms with E-state index >= 15 is 0 Å². The van der Waals surface area contributed by atoms with E-state index in [2.05, 4.69) is 18.3 Å². The van der Waals surface area contributed by atoms with Gasteiger partial charge in [-0.25, -0.2) is 8.42 Å². The fourth-order valence-corrected chi connectivity index (χ4v) is 3.38. The van der Waals surface area contributed by atoms with E-state index in [9.17, 15) is 17.2 Å². The Kier molecular flexibility index (Phi) is 4.95. The predicted molar refractivity (Wildman–Crippen MR) is 80.7 cm³/mol. The van der Waals surface area contributed by atoms with Crippen molar-refractivity contribution >= 4 is 26.9 Å². The molecular weight excluding hydrogens is 316 g/mol. The lowest BCUT2D eigenvalue weighted by molar-refractivity contribution is 0.234. The molecule has 1 aromatic carbocycles. The molecule has 0 saturated carbocycles. The Hall–Kier alpha value is -1.47. The number of alkyl halides is 2. The average Bonchev–Trinajstić information content (AvgIpc) is 2.93. The summed E-state index contributed by atoms with van der Waals surface area (Å²) in [5.74, 6) is -3.39. The molecular formula is C14H15F2NO2S2. The van der Waals surface area contributed by atoms with Crippen molar-refractivity contribution in [1.29, 1.82) is 0 Å². The fourth-order valence-electron chi connectivity index (χ4n) is 1.76. The van der Waals surface area contributed by atoms with Gasteiger partial charge in [0.25, 0.3) is 0 Å². The van der Waals surface area contributed by atoms with E-state index in [1.54, 1.807) is 11.3 Å². The first-order valence-corrected chi connectivity index (χ1v) is 8.73. The SMILES string of the molecule is CCc1ccc(CNc2ccc(S(=O)(=O)C(F)F)cc2)s1. The van der Waals surface area contributed by atoms with E-state index < -0.39 is 15.6 Å². The molecule has 3 nitrogen and oxygen atoms in total. The highest BCUT2D eigenvalue weighted by molar-refractivity contribution is 7.91. The minimum Gasteiger partial charge on any atom is -0.380 e. The van der Waals surface area contributed by atoms with Gasteiger partial charge < -0.3 is 5.32 Å². The number of benzene rings is 1. The molecule has 21 heavy (non-hydrogen) atoms.